The summed E-state index contributed by atoms with van der Waals surface area (Å²) in [6.45, 7) is 5.54. The zero-order chi connectivity index (χ0) is 19.1. The van der Waals surface area contributed by atoms with Crippen molar-refractivity contribution >= 4 is 29.9 Å². The molecule has 0 bridgehead atoms. The SMILES string of the molecule is COC(=O)c1ccc(/C=N\NC(=O)[C@@H](C)Sc2nc(C)cc(C)n2)cc1. The van der Waals surface area contributed by atoms with Gasteiger partial charge in [0.1, 0.15) is 0 Å². The first-order valence-electron chi connectivity index (χ1n) is 7.89. The van der Waals surface area contributed by atoms with Gasteiger partial charge in [-0.25, -0.2) is 20.2 Å². The van der Waals surface area contributed by atoms with Gasteiger partial charge in [0.2, 0.25) is 0 Å². The lowest BCUT2D eigenvalue weighted by Gasteiger charge is -2.09. The number of thioether (sulfide) groups is 1. The highest BCUT2D eigenvalue weighted by Crippen LogP contribution is 2.20. The minimum absolute atomic E-state index is 0.250. The summed E-state index contributed by atoms with van der Waals surface area (Å²) >= 11 is 1.27. The van der Waals surface area contributed by atoms with E-state index in [1.165, 1.54) is 25.1 Å². The fourth-order valence-electron chi connectivity index (χ4n) is 2.04. The Morgan fingerprint density at radius 3 is 2.38 bits per heavy atom. The number of carbonyl (C=O) groups excluding carboxylic acids is 2. The largest absolute Gasteiger partial charge is 0.465 e. The molecule has 1 atom stereocenters. The average Bonchev–Trinajstić information content (AvgIpc) is 2.60. The maximum absolute atomic E-state index is 12.1. The van der Waals surface area contributed by atoms with E-state index in [1.807, 2.05) is 19.9 Å². The quantitative estimate of drug-likeness (QED) is 0.275. The van der Waals surface area contributed by atoms with Gasteiger partial charge in [0.15, 0.2) is 5.16 Å². The number of ether oxygens (including phenoxy) is 1. The Morgan fingerprint density at radius 2 is 1.81 bits per heavy atom. The zero-order valence-electron chi connectivity index (χ0n) is 15.0. The van der Waals surface area contributed by atoms with Crippen LogP contribution in [0.1, 0.15) is 34.2 Å². The molecule has 0 aliphatic heterocycles. The van der Waals surface area contributed by atoms with Crippen LogP contribution in [-0.4, -0.2) is 40.4 Å². The number of carbonyl (C=O) groups is 2. The fourth-order valence-corrected chi connectivity index (χ4v) is 2.91. The molecule has 0 saturated carbocycles. The molecule has 0 aliphatic carbocycles. The summed E-state index contributed by atoms with van der Waals surface area (Å²) in [6.07, 6.45) is 1.50. The molecule has 8 heteroatoms. The zero-order valence-corrected chi connectivity index (χ0v) is 15.8. The molecule has 2 rings (SSSR count). The van der Waals surface area contributed by atoms with Crippen LogP contribution in [0, 0.1) is 13.8 Å². The van der Waals surface area contributed by atoms with Crippen molar-refractivity contribution in [1.82, 2.24) is 15.4 Å². The summed E-state index contributed by atoms with van der Waals surface area (Å²) in [5, 5.41) is 4.11. The number of hydrogen-bond donors (Lipinski definition) is 1. The molecule has 1 heterocycles. The van der Waals surface area contributed by atoms with Gasteiger partial charge in [-0.2, -0.15) is 5.10 Å². The number of aromatic nitrogens is 2. The first kappa shape index (κ1) is 19.6. The molecule has 2 aromatic rings. The van der Waals surface area contributed by atoms with Crippen LogP contribution in [0.4, 0.5) is 0 Å². The molecule has 0 unspecified atom stereocenters. The Balaban J connectivity index is 1.90. The Labute approximate surface area is 156 Å². The molecule has 1 amide bonds. The highest BCUT2D eigenvalue weighted by atomic mass is 32.2. The van der Waals surface area contributed by atoms with Crippen molar-refractivity contribution in [2.75, 3.05) is 7.11 Å². The maximum atomic E-state index is 12.1. The average molecular weight is 372 g/mol. The third kappa shape index (κ3) is 5.66. The minimum Gasteiger partial charge on any atom is -0.465 e. The van der Waals surface area contributed by atoms with Crippen LogP contribution < -0.4 is 5.43 Å². The number of hydrogen-bond acceptors (Lipinski definition) is 7. The Hall–Kier alpha value is -2.74. The number of methoxy groups -OCH3 is 1. The van der Waals surface area contributed by atoms with Gasteiger partial charge >= 0.3 is 5.97 Å². The van der Waals surface area contributed by atoms with Crippen molar-refractivity contribution in [3.63, 3.8) is 0 Å². The van der Waals surface area contributed by atoms with Crippen LogP contribution in [0.3, 0.4) is 0 Å². The topological polar surface area (TPSA) is 93.5 Å². The first-order valence-corrected chi connectivity index (χ1v) is 8.77. The highest BCUT2D eigenvalue weighted by molar-refractivity contribution is 8.00. The minimum atomic E-state index is -0.402. The molecule has 0 radical (unpaired) electrons. The van der Waals surface area contributed by atoms with Gasteiger partial charge < -0.3 is 4.74 Å². The second-order valence-corrected chi connectivity index (χ2v) is 6.85. The van der Waals surface area contributed by atoms with Crippen LogP contribution in [0.2, 0.25) is 0 Å². The summed E-state index contributed by atoms with van der Waals surface area (Å²) in [6, 6.07) is 8.56. The number of hydrazone groups is 1. The molecule has 1 aromatic heterocycles. The van der Waals surface area contributed by atoms with Gasteiger partial charge in [-0.05, 0) is 44.5 Å². The van der Waals surface area contributed by atoms with E-state index in [2.05, 4.69) is 25.2 Å². The van der Waals surface area contributed by atoms with Gasteiger partial charge in [0, 0.05) is 11.4 Å². The van der Waals surface area contributed by atoms with E-state index in [0.717, 1.165) is 17.0 Å². The lowest BCUT2D eigenvalue weighted by molar-refractivity contribution is -0.120. The number of esters is 1. The monoisotopic (exact) mass is 372 g/mol. The third-order valence-corrected chi connectivity index (χ3v) is 4.29. The van der Waals surface area contributed by atoms with Crippen LogP contribution in [-0.2, 0) is 9.53 Å². The second kappa shape index (κ2) is 9.10. The number of nitrogens with one attached hydrogen (secondary N) is 1. The molecule has 7 nitrogen and oxygen atoms in total. The van der Waals surface area contributed by atoms with Gasteiger partial charge in [-0.3, -0.25) is 4.79 Å². The van der Waals surface area contributed by atoms with Gasteiger partial charge in [-0.1, -0.05) is 23.9 Å². The van der Waals surface area contributed by atoms with E-state index in [4.69, 9.17) is 0 Å². The predicted molar refractivity (Wildman–Crippen MR) is 100 cm³/mol. The summed E-state index contributed by atoms with van der Waals surface area (Å²) in [4.78, 5) is 32.1. The number of nitrogens with zero attached hydrogens (tertiary/aromatic N) is 3. The molecule has 1 aromatic carbocycles. The standard InChI is InChI=1S/C18H20N4O3S/c1-11-9-12(2)21-18(20-11)26-13(3)16(23)22-19-10-14-5-7-15(8-6-14)17(24)25-4/h5-10,13H,1-4H3,(H,22,23)/b19-10-/t13-/m1/s1. The van der Waals surface area contributed by atoms with Crippen molar-refractivity contribution in [3.05, 3.63) is 52.8 Å². The highest BCUT2D eigenvalue weighted by Gasteiger charge is 2.15. The predicted octanol–water partition coefficient (Wildman–Crippen LogP) is 2.51. The van der Waals surface area contributed by atoms with Crippen molar-refractivity contribution in [1.29, 1.82) is 0 Å². The van der Waals surface area contributed by atoms with Crippen molar-refractivity contribution in [2.45, 2.75) is 31.2 Å². The number of benzene rings is 1. The Morgan fingerprint density at radius 1 is 1.19 bits per heavy atom. The maximum Gasteiger partial charge on any atom is 0.337 e. The van der Waals surface area contributed by atoms with Gasteiger partial charge in [0.25, 0.3) is 5.91 Å². The summed E-state index contributed by atoms with van der Waals surface area (Å²) in [7, 11) is 1.33. The van der Waals surface area contributed by atoms with Crippen molar-refractivity contribution < 1.29 is 14.3 Å². The fraction of sp³-hybridized carbons (Fsp3) is 0.278. The normalized spacial score (nSPS) is 12.0. The van der Waals surface area contributed by atoms with Gasteiger partial charge in [0.05, 0.1) is 24.1 Å². The molecule has 0 aliphatic rings. The summed E-state index contributed by atoms with van der Waals surface area (Å²) in [5.74, 6) is -0.651. The van der Waals surface area contributed by atoms with E-state index in [-0.39, 0.29) is 5.91 Å². The Kier molecular flexibility index (Phi) is 6.85. The third-order valence-electron chi connectivity index (χ3n) is 3.33. The molecular formula is C18H20N4O3S. The molecule has 26 heavy (non-hydrogen) atoms. The van der Waals surface area contributed by atoms with Crippen LogP contribution in [0.25, 0.3) is 0 Å². The van der Waals surface area contributed by atoms with E-state index >= 15 is 0 Å². The molecule has 0 saturated heterocycles. The first-order chi connectivity index (χ1) is 12.4. The van der Waals surface area contributed by atoms with Crippen LogP contribution in [0.5, 0.6) is 0 Å². The second-order valence-electron chi connectivity index (χ2n) is 5.54. The lowest BCUT2D eigenvalue weighted by Crippen LogP contribution is -2.27. The molecule has 0 spiro atoms. The van der Waals surface area contributed by atoms with Crippen molar-refractivity contribution in [2.24, 2.45) is 5.10 Å². The van der Waals surface area contributed by atoms with Crippen molar-refractivity contribution in [3.8, 4) is 0 Å². The lowest BCUT2D eigenvalue weighted by atomic mass is 10.1. The molecule has 136 valence electrons. The number of rotatable bonds is 6. The van der Waals surface area contributed by atoms with E-state index < -0.39 is 11.2 Å². The molecule has 1 N–H and O–H groups in total. The summed E-state index contributed by atoms with van der Waals surface area (Å²) in [5.41, 5.74) is 5.41. The van der Waals surface area contributed by atoms with E-state index in [9.17, 15) is 9.59 Å². The number of aryl methyl sites for hydroxylation is 2. The molecule has 0 fully saturated rings. The van der Waals surface area contributed by atoms with Gasteiger partial charge in [-0.15, -0.1) is 0 Å². The Bertz CT molecular complexity index is 801. The smallest absolute Gasteiger partial charge is 0.337 e. The van der Waals surface area contributed by atoms with E-state index in [0.29, 0.717) is 10.7 Å². The van der Waals surface area contributed by atoms with Crippen LogP contribution in [0.15, 0.2) is 40.6 Å². The van der Waals surface area contributed by atoms with E-state index in [1.54, 1.807) is 31.2 Å². The number of amides is 1. The summed E-state index contributed by atoms with van der Waals surface area (Å²) < 4.78 is 4.64. The molecular weight excluding hydrogens is 352 g/mol. The van der Waals surface area contributed by atoms with Crippen LogP contribution >= 0.6 is 11.8 Å².